The first-order valence-electron chi connectivity index (χ1n) is 5.38. The molecule has 0 spiro atoms. The highest BCUT2D eigenvalue weighted by Crippen LogP contribution is 2.28. The molecule has 0 unspecified atom stereocenters. The van der Waals surface area contributed by atoms with Gasteiger partial charge >= 0.3 is 0 Å². The topological polar surface area (TPSA) is 57.9 Å². The van der Waals surface area contributed by atoms with Gasteiger partial charge in [-0.1, -0.05) is 0 Å². The van der Waals surface area contributed by atoms with E-state index in [-0.39, 0.29) is 5.56 Å². The summed E-state index contributed by atoms with van der Waals surface area (Å²) in [6.45, 7) is 1.89. The van der Waals surface area contributed by atoms with Gasteiger partial charge in [-0.2, -0.15) is 0 Å². The standard InChI is InChI=1S/C13H12N2O2/c1-7-13-10(6-12(16)14-7)9-4-3-8(17-2)5-11(9)15-13/h3-6,15H,1-2H3,(H,14,16). The molecule has 1 aromatic carbocycles. The summed E-state index contributed by atoms with van der Waals surface area (Å²) >= 11 is 0. The Kier molecular flexibility index (Phi) is 1.98. The summed E-state index contributed by atoms with van der Waals surface area (Å²) in [5, 5.41) is 1.99. The zero-order valence-corrected chi connectivity index (χ0v) is 9.63. The maximum Gasteiger partial charge on any atom is 0.248 e. The van der Waals surface area contributed by atoms with Gasteiger partial charge in [-0.3, -0.25) is 4.79 Å². The summed E-state index contributed by atoms with van der Waals surface area (Å²) in [6.07, 6.45) is 0. The molecule has 4 nitrogen and oxygen atoms in total. The maximum absolute atomic E-state index is 11.5. The molecule has 0 radical (unpaired) electrons. The van der Waals surface area contributed by atoms with Crippen LogP contribution in [0.5, 0.6) is 5.75 Å². The quantitative estimate of drug-likeness (QED) is 0.671. The average Bonchev–Trinajstić information content (AvgIpc) is 2.67. The number of aromatic amines is 2. The molecular weight excluding hydrogens is 216 g/mol. The fourth-order valence-corrected chi connectivity index (χ4v) is 2.19. The molecule has 2 N–H and O–H groups in total. The fourth-order valence-electron chi connectivity index (χ4n) is 2.19. The van der Waals surface area contributed by atoms with Crippen molar-refractivity contribution in [3.05, 3.63) is 40.3 Å². The number of H-pyrrole nitrogens is 2. The summed E-state index contributed by atoms with van der Waals surface area (Å²) in [5.41, 5.74) is 2.71. The Morgan fingerprint density at radius 3 is 2.71 bits per heavy atom. The first-order chi connectivity index (χ1) is 8.19. The number of aromatic nitrogens is 2. The smallest absolute Gasteiger partial charge is 0.248 e. The second kappa shape index (κ2) is 3.38. The molecule has 17 heavy (non-hydrogen) atoms. The van der Waals surface area contributed by atoms with Crippen LogP contribution in [-0.2, 0) is 0 Å². The van der Waals surface area contributed by atoms with Gasteiger partial charge in [0.25, 0.3) is 0 Å². The number of fused-ring (bicyclic) bond motifs is 3. The summed E-state index contributed by atoms with van der Waals surface area (Å²) in [4.78, 5) is 17.6. The number of hydrogen-bond acceptors (Lipinski definition) is 2. The highest BCUT2D eigenvalue weighted by molar-refractivity contribution is 6.08. The first kappa shape index (κ1) is 9.96. The minimum Gasteiger partial charge on any atom is -0.497 e. The molecule has 3 aromatic rings. The van der Waals surface area contributed by atoms with E-state index >= 15 is 0 Å². The molecule has 0 aliphatic carbocycles. The molecule has 0 atom stereocenters. The highest BCUT2D eigenvalue weighted by Gasteiger charge is 2.08. The molecule has 0 bridgehead atoms. The van der Waals surface area contributed by atoms with Crippen molar-refractivity contribution in [1.29, 1.82) is 0 Å². The van der Waals surface area contributed by atoms with Crippen LogP contribution in [0.2, 0.25) is 0 Å². The van der Waals surface area contributed by atoms with Gasteiger partial charge in [0.2, 0.25) is 5.56 Å². The van der Waals surface area contributed by atoms with E-state index in [1.165, 1.54) is 0 Å². The Labute approximate surface area is 97.2 Å². The third kappa shape index (κ3) is 1.41. The minimum absolute atomic E-state index is 0.0771. The summed E-state index contributed by atoms with van der Waals surface area (Å²) in [7, 11) is 1.64. The van der Waals surface area contributed by atoms with Gasteiger partial charge in [-0.25, -0.2) is 0 Å². The Morgan fingerprint density at radius 1 is 1.12 bits per heavy atom. The van der Waals surface area contributed by atoms with Crippen LogP contribution >= 0.6 is 0 Å². The van der Waals surface area contributed by atoms with E-state index in [1.54, 1.807) is 13.2 Å². The Bertz CT molecular complexity index is 768. The number of nitrogens with one attached hydrogen (secondary N) is 2. The molecule has 4 heteroatoms. The molecule has 0 aliphatic rings. The first-order valence-corrected chi connectivity index (χ1v) is 5.38. The number of rotatable bonds is 1. The largest absolute Gasteiger partial charge is 0.497 e. The molecular formula is C13H12N2O2. The van der Waals surface area contributed by atoms with Crippen LogP contribution in [0.15, 0.2) is 29.1 Å². The molecule has 0 fully saturated rings. The highest BCUT2D eigenvalue weighted by atomic mass is 16.5. The zero-order valence-electron chi connectivity index (χ0n) is 9.63. The van der Waals surface area contributed by atoms with Crippen LogP contribution in [0.3, 0.4) is 0 Å². The van der Waals surface area contributed by atoms with Gasteiger partial charge in [0, 0.05) is 28.6 Å². The molecule has 0 saturated carbocycles. The SMILES string of the molecule is COc1ccc2c(c1)[nH]c1c(C)[nH]c(=O)cc12. The van der Waals surface area contributed by atoms with Crippen LogP contribution in [0, 0.1) is 6.92 Å². The van der Waals surface area contributed by atoms with Gasteiger partial charge in [-0.15, -0.1) is 0 Å². The van der Waals surface area contributed by atoms with E-state index in [0.29, 0.717) is 0 Å². The van der Waals surface area contributed by atoms with Crippen LogP contribution in [0.25, 0.3) is 21.8 Å². The summed E-state index contributed by atoms with van der Waals surface area (Å²) in [5.74, 6) is 0.799. The van der Waals surface area contributed by atoms with Crippen molar-refractivity contribution in [2.75, 3.05) is 7.11 Å². The van der Waals surface area contributed by atoms with Crippen LogP contribution in [-0.4, -0.2) is 17.1 Å². The van der Waals surface area contributed by atoms with Crippen molar-refractivity contribution in [1.82, 2.24) is 9.97 Å². The molecule has 2 aromatic heterocycles. The van der Waals surface area contributed by atoms with Crippen molar-refractivity contribution < 1.29 is 4.74 Å². The lowest BCUT2D eigenvalue weighted by Crippen LogP contribution is -2.04. The van der Waals surface area contributed by atoms with Gasteiger partial charge in [0.1, 0.15) is 5.75 Å². The van der Waals surface area contributed by atoms with Crippen molar-refractivity contribution in [2.45, 2.75) is 6.92 Å². The van der Waals surface area contributed by atoms with E-state index in [4.69, 9.17) is 4.74 Å². The predicted molar refractivity (Wildman–Crippen MR) is 67.7 cm³/mol. The summed E-state index contributed by atoms with van der Waals surface area (Å²) < 4.78 is 5.18. The molecule has 86 valence electrons. The minimum atomic E-state index is -0.0771. The Morgan fingerprint density at radius 2 is 1.94 bits per heavy atom. The lowest BCUT2D eigenvalue weighted by atomic mass is 10.1. The van der Waals surface area contributed by atoms with Gasteiger partial charge < -0.3 is 14.7 Å². The van der Waals surface area contributed by atoms with Crippen LogP contribution < -0.4 is 10.3 Å². The Balaban J connectivity index is 2.49. The van der Waals surface area contributed by atoms with Crippen LogP contribution in [0.4, 0.5) is 0 Å². The third-order valence-corrected chi connectivity index (χ3v) is 3.01. The number of benzene rings is 1. The Hall–Kier alpha value is -2.23. The lowest BCUT2D eigenvalue weighted by Gasteiger charge is -1.98. The van der Waals surface area contributed by atoms with E-state index in [9.17, 15) is 4.79 Å². The molecule has 3 rings (SSSR count). The van der Waals surface area contributed by atoms with E-state index in [0.717, 1.165) is 33.2 Å². The van der Waals surface area contributed by atoms with Crippen molar-refractivity contribution >= 4 is 21.8 Å². The zero-order chi connectivity index (χ0) is 12.0. The van der Waals surface area contributed by atoms with Crippen molar-refractivity contribution in [2.24, 2.45) is 0 Å². The van der Waals surface area contributed by atoms with Gasteiger partial charge in [0.05, 0.1) is 18.1 Å². The predicted octanol–water partition coefficient (Wildman–Crippen LogP) is 2.33. The van der Waals surface area contributed by atoms with Gasteiger partial charge in [0.15, 0.2) is 0 Å². The second-order valence-corrected chi connectivity index (χ2v) is 4.08. The number of pyridine rings is 1. The molecule has 0 aliphatic heterocycles. The number of ether oxygens (including phenoxy) is 1. The summed E-state index contributed by atoms with van der Waals surface area (Å²) in [6, 6.07) is 7.41. The van der Waals surface area contributed by atoms with Crippen LogP contribution in [0.1, 0.15) is 5.69 Å². The molecule has 2 heterocycles. The van der Waals surface area contributed by atoms with Crippen molar-refractivity contribution in [3.8, 4) is 5.75 Å². The van der Waals surface area contributed by atoms with E-state index < -0.39 is 0 Å². The molecule has 0 amide bonds. The number of hydrogen-bond donors (Lipinski definition) is 2. The van der Waals surface area contributed by atoms with E-state index in [2.05, 4.69) is 9.97 Å². The number of aryl methyl sites for hydroxylation is 1. The van der Waals surface area contributed by atoms with E-state index in [1.807, 2.05) is 25.1 Å². The molecule has 0 saturated heterocycles. The van der Waals surface area contributed by atoms with Gasteiger partial charge in [-0.05, 0) is 19.1 Å². The normalized spacial score (nSPS) is 11.2. The van der Waals surface area contributed by atoms with Crippen molar-refractivity contribution in [3.63, 3.8) is 0 Å². The fraction of sp³-hybridized carbons (Fsp3) is 0.154. The number of methoxy groups -OCH3 is 1. The third-order valence-electron chi connectivity index (χ3n) is 3.01. The monoisotopic (exact) mass is 228 g/mol. The second-order valence-electron chi connectivity index (χ2n) is 4.08. The average molecular weight is 228 g/mol. The lowest BCUT2D eigenvalue weighted by molar-refractivity contribution is 0.415. The maximum atomic E-state index is 11.5.